The highest BCUT2D eigenvalue weighted by molar-refractivity contribution is 6.10. The molecule has 0 radical (unpaired) electrons. The van der Waals surface area contributed by atoms with E-state index in [4.69, 9.17) is 0 Å². The van der Waals surface area contributed by atoms with Crippen molar-refractivity contribution in [3.63, 3.8) is 0 Å². The number of Topliss-reactive ketones (excluding diaryl/α,β-unsaturated/α-hetero) is 1. The zero-order valence-electron chi connectivity index (χ0n) is 15.8. The van der Waals surface area contributed by atoms with E-state index in [2.05, 4.69) is 20.9 Å². The first-order valence-electron chi connectivity index (χ1n) is 9.44. The van der Waals surface area contributed by atoms with Crippen LogP contribution in [0.2, 0.25) is 0 Å². The number of pyridine rings is 1. The Morgan fingerprint density at radius 3 is 2.86 bits per heavy atom. The van der Waals surface area contributed by atoms with Crippen LogP contribution in [0.25, 0.3) is 11.3 Å². The molecule has 158 valence electrons. The van der Waals surface area contributed by atoms with E-state index in [0.717, 1.165) is 10.8 Å². The van der Waals surface area contributed by atoms with E-state index in [1.54, 1.807) is 12.3 Å². The molecule has 1 saturated heterocycles. The molecule has 1 aliphatic carbocycles. The van der Waals surface area contributed by atoms with Crippen LogP contribution in [0.5, 0.6) is 0 Å². The number of nitrogens with one attached hydrogen (secondary N) is 3. The molecule has 4 N–H and O–H groups in total. The largest absolute Gasteiger partial charge is 0.396 e. The predicted molar refractivity (Wildman–Crippen MR) is 98.3 cm³/mol. The van der Waals surface area contributed by atoms with Crippen LogP contribution in [0, 0.1) is 5.92 Å². The number of piperidine rings is 1. The minimum absolute atomic E-state index is 0.0277. The maximum Gasteiger partial charge on any atom is 0.389 e. The number of aliphatic hydroxyl groups is 1. The monoisotopic (exact) mass is 412 g/mol. The van der Waals surface area contributed by atoms with E-state index in [0.29, 0.717) is 11.0 Å². The summed E-state index contributed by atoms with van der Waals surface area (Å²) in [5, 5.41) is 19.2. The maximum absolute atomic E-state index is 12.9. The summed E-state index contributed by atoms with van der Waals surface area (Å²) in [5.41, 5.74) is 1.46. The number of amides is 1. The summed E-state index contributed by atoms with van der Waals surface area (Å²) in [6.07, 6.45) is -4.44. The molecule has 10 heteroatoms. The summed E-state index contributed by atoms with van der Waals surface area (Å²) < 4.78 is 36.6. The highest BCUT2D eigenvalue weighted by atomic mass is 19.4. The van der Waals surface area contributed by atoms with Gasteiger partial charge in [-0.2, -0.15) is 13.2 Å². The Morgan fingerprint density at radius 2 is 2.17 bits per heavy atom. The van der Waals surface area contributed by atoms with Crippen molar-refractivity contribution in [3.05, 3.63) is 28.9 Å². The highest BCUT2D eigenvalue weighted by Crippen LogP contribution is 2.30. The van der Waals surface area contributed by atoms with Crippen molar-refractivity contribution >= 4 is 23.0 Å². The molecule has 7 nitrogen and oxygen atoms in total. The fourth-order valence-electron chi connectivity index (χ4n) is 3.58. The first kappa shape index (κ1) is 21.3. The minimum Gasteiger partial charge on any atom is -0.396 e. The lowest BCUT2D eigenvalue weighted by atomic mass is 9.79. The Labute approximate surface area is 165 Å². The summed E-state index contributed by atoms with van der Waals surface area (Å²) in [4.78, 5) is 29.5. The van der Waals surface area contributed by atoms with Gasteiger partial charge in [0.1, 0.15) is 0 Å². The first-order valence-corrected chi connectivity index (χ1v) is 9.44. The van der Waals surface area contributed by atoms with Crippen molar-refractivity contribution in [1.82, 2.24) is 20.9 Å². The molecule has 3 rings (SSSR count). The van der Waals surface area contributed by atoms with Crippen LogP contribution in [0.3, 0.4) is 0 Å². The van der Waals surface area contributed by atoms with Gasteiger partial charge in [0.2, 0.25) is 5.91 Å². The molecule has 0 aromatic carbocycles. The van der Waals surface area contributed by atoms with Crippen molar-refractivity contribution in [2.24, 2.45) is 5.92 Å². The van der Waals surface area contributed by atoms with Crippen LogP contribution >= 0.6 is 0 Å². The normalized spacial score (nSPS) is 21.6. The number of fused-ring (bicyclic) bond motifs is 2. The van der Waals surface area contributed by atoms with Crippen LogP contribution in [0.4, 0.5) is 13.2 Å². The summed E-state index contributed by atoms with van der Waals surface area (Å²) in [6, 6.07) is 2.85. The van der Waals surface area contributed by atoms with Gasteiger partial charge < -0.3 is 21.1 Å². The van der Waals surface area contributed by atoms with Gasteiger partial charge >= 0.3 is 6.18 Å². The van der Waals surface area contributed by atoms with E-state index < -0.39 is 36.6 Å². The van der Waals surface area contributed by atoms with Gasteiger partial charge in [-0.25, -0.2) is 0 Å². The number of rotatable bonds is 8. The molecule has 0 spiro atoms. The van der Waals surface area contributed by atoms with Crippen molar-refractivity contribution in [1.29, 1.82) is 0 Å². The molecular formula is C19H23F3N4O3. The molecule has 1 unspecified atom stereocenters. The SMILES string of the molecule is C[C@H](NCCCC(F)(F)F)C(=O)N[C@@H]1NC2=c3ncccc3=C2C(CCO)C1=O. The third-order valence-electron chi connectivity index (χ3n) is 5.05. The van der Waals surface area contributed by atoms with Crippen LogP contribution in [-0.2, 0) is 9.59 Å². The quantitative estimate of drug-likeness (QED) is 0.421. The molecule has 1 aromatic rings. The van der Waals surface area contributed by atoms with Gasteiger partial charge in [-0.1, -0.05) is 6.07 Å². The Bertz CT molecular complexity index is 916. The number of ketones is 1. The number of carbonyl (C=O) groups is 2. The average Bonchev–Trinajstić information content (AvgIpc) is 2.66. The van der Waals surface area contributed by atoms with Gasteiger partial charge in [0.25, 0.3) is 0 Å². The van der Waals surface area contributed by atoms with Gasteiger partial charge in [-0.15, -0.1) is 0 Å². The van der Waals surface area contributed by atoms with Crippen LogP contribution < -0.4 is 26.5 Å². The minimum atomic E-state index is -4.23. The fourth-order valence-corrected chi connectivity index (χ4v) is 3.58. The van der Waals surface area contributed by atoms with E-state index in [-0.39, 0.29) is 31.8 Å². The zero-order valence-corrected chi connectivity index (χ0v) is 15.8. The van der Waals surface area contributed by atoms with Gasteiger partial charge in [0, 0.05) is 24.4 Å². The average molecular weight is 412 g/mol. The number of aromatic nitrogens is 1. The lowest BCUT2D eigenvalue weighted by Crippen LogP contribution is -2.63. The van der Waals surface area contributed by atoms with Crippen molar-refractivity contribution in [3.8, 4) is 0 Å². The Balaban J connectivity index is 1.64. The topological polar surface area (TPSA) is 103 Å². The molecule has 0 saturated carbocycles. The number of hydrogen-bond donors (Lipinski definition) is 4. The smallest absolute Gasteiger partial charge is 0.389 e. The molecule has 2 heterocycles. The number of aliphatic hydroxyl groups excluding tert-OH is 1. The number of halogens is 3. The fraction of sp³-hybridized carbons (Fsp3) is 0.526. The summed E-state index contributed by atoms with van der Waals surface area (Å²) in [5.74, 6) is -1.34. The van der Waals surface area contributed by atoms with E-state index in [1.165, 1.54) is 6.92 Å². The van der Waals surface area contributed by atoms with Gasteiger partial charge in [-0.3, -0.25) is 14.6 Å². The van der Waals surface area contributed by atoms with Crippen LogP contribution in [0.1, 0.15) is 26.2 Å². The second-order valence-corrected chi connectivity index (χ2v) is 7.14. The highest BCUT2D eigenvalue weighted by Gasteiger charge is 2.41. The zero-order chi connectivity index (χ0) is 21.2. The molecule has 0 bridgehead atoms. The second kappa shape index (κ2) is 8.50. The molecular weight excluding hydrogens is 389 g/mol. The molecule has 1 fully saturated rings. The number of hydrogen-bond acceptors (Lipinski definition) is 6. The molecule has 3 atom stereocenters. The Morgan fingerprint density at radius 1 is 1.41 bits per heavy atom. The predicted octanol–water partition coefficient (Wildman–Crippen LogP) is -0.712. The van der Waals surface area contributed by atoms with Crippen LogP contribution in [0.15, 0.2) is 18.3 Å². The van der Waals surface area contributed by atoms with Gasteiger partial charge in [-0.05, 0) is 37.9 Å². The molecule has 1 aliphatic heterocycles. The molecule has 29 heavy (non-hydrogen) atoms. The molecule has 1 aromatic heterocycles. The third kappa shape index (κ3) is 4.59. The van der Waals surface area contributed by atoms with Crippen LogP contribution in [-0.4, -0.2) is 53.3 Å². The third-order valence-corrected chi connectivity index (χ3v) is 5.05. The number of nitrogens with zero attached hydrogens (tertiary/aromatic N) is 1. The van der Waals surface area contributed by atoms with Gasteiger partial charge in [0.15, 0.2) is 11.9 Å². The summed E-state index contributed by atoms with van der Waals surface area (Å²) >= 11 is 0. The van der Waals surface area contributed by atoms with Crippen molar-refractivity contribution < 1.29 is 27.9 Å². The van der Waals surface area contributed by atoms with Gasteiger partial charge in [0.05, 0.1) is 23.0 Å². The number of alkyl halides is 3. The molecule has 2 aliphatic rings. The maximum atomic E-state index is 12.9. The van der Waals surface area contributed by atoms with Crippen molar-refractivity contribution in [2.45, 2.75) is 44.6 Å². The van der Waals surface area contributed by atoms with E-state index >= 15 is 0 Å². The van der Waals surface area contributed by atoms with E-state index in [9.17, 15) is 27.9 Å². The first-order chi connectivity index (χ1) is 13.7. The summed E-state index contributed by atoms with van der Waals surface area (Å²) in [7, 11) is 0. The van der Waals surface area contributed by atoms with Crippen molar-refractivity contribution in [2.75, 3.05) is 13.2 Å². The second-order valence-electron chi connectivity index (χ2n) is 7.14. The number of carbonyl (C=O) groups excluding carboxylic acids is 2. The lowest BCUT2D eigenvalue weighted by molar-refractivity contribution is -0.135. The summed E-state index contributed by atoms with van der Waals surface area (Å²) in [6.45, 7) is 1.37. The van der Waals surface area contributed by atoms with E-state index in [1.807, 2.05) is 6.07 Å². The molecule has 1 amide bonds. The standard InChI is InChI=1S/C19H23F3N4O3/c1-10(23-8-3-6-19(20,21)22)18(29)26-17-16(28)12(5-9-27)13-11-4-2-7-24-14(11)15(13)25-17/h2,4,7,10,12,17,23,25,27H,3,5-6,8-9H2,1H3,(H,26,29)/t10-,12?,17-/m0/s1. The lowest BCUT2D eigenvalue weighted by Gasteiger charge is -2.37. The Kier molecular flexibility index (Phi) is 6.23. The Hall–Kier alpha value is -2.46.